The third-order valence-corrected chi connectivity index (χ3v) is 6.67. The van der Waals surface area contributed by atoms with E-state index in [1.165, 1.54) is 39.1 Å². The van der Waals surface area contributed by atoms with Gasteiger partial charge >= 0.3 is 0 Å². The van der Waals surface area contributed by atoms with Crippen molar-refractivity contribution in [2.75, 3.05) is 18.5 Å². The lowest BCUT2D eigenvalue weighted by Gasteiger charge is -2.34. The summed E-state index contributed by atoms with van der Waals surface area (Å²) in [5.74, 6) is 0. The van der Waals surface area contributed by atoms with Crippen LogP contribution in [0.2, 0.25) is 0 Å². The van der Waals surface area contributed by atoms with Crippen molar-refractivity contribution in [3.05, 3.63) is 150 Å². The molecule has 184 valence electrons. The second-order valence-corrected chi connectivity index (χ2v) is 8.40. The van der Waals surface area contributed by atoms with Gasteiger partial charge < -0.3 is 4.90 Å². The first-order chi connectivity index (χ1) is 17.7. The quantitative estimate of drug-likeness (QED) is 0.341. The van der Waals surface area contributed by atoms with E-state index in [4.69, 9.17) is 0 Å². The molecule has 1 heteroatoms. The summed E-state index contributed by atoms with van der Waals surface area (Å²) in [6.45, 7) is 17.3. The number of rotatable bonds is 4. The van der Waals surface area contributed by atoms with Crippen LogP contribution in [0.5, 0.6) is 0 Å². The third-order valence-electron chi connectivity index (χ3n) is 6.67. The summed E-state index contributed by atoms with van der Waals surface area (Å²) in [4.78, 5) is 2.36. The number of hydrogen-bond acceptors (Lipinski definition) is 1. The van der Waals surface area contributed by atoms with Crippen LogP contribution in [0.1, 0.15) is 49.9 Å². The Labute approximate surface area is 218 Å². The second kappa shape index (κ2) is 12.2. The van der Waals surface area contributed by atoms with Gasteiger partial charge in [0.2, 0.25) is 0 Å². The molecular weight excluding hydrogens is 434 g/mol. The van der Waals surface area contributed by atoms with Gasteiger partial charge in [0.1, 0.15) is 0 Å². The van der Waals surface area contributed by atoms with Crippen LogP contribution in [0.15, 0.2) is 128 Å². The lowest BCUT2D eigenvalue weighted by Crippen LogP contribution is -2.32. The standard InChI is InChI=1S/C31H27N.2C2H6/c1-4-5-6-14-21-31(24-15-8-7-9-16-24)27-19-12-10-18-26(27)30-23(2)25-17-11-13-20-29(25)32(3)22-28(30)31;2*1-2/h4-21H,1-2,22H2,3H3;2*1-2H3/b6-5-,21-14?;;. The molecule has 0 amide bonds. The highest BCUT2D eigenvalue weighted by Gasteiger charge is 2.46. The molecule has 3 aromatic carbocycles. The molecule has 1 atom stereocenters. The van der Waals surface area contributed by atoms with Gasteiger partial charge in [0.25, 0.3) is 0 Å². The van der Waals surface area contributed by atoms with Crippen molar-refractivity contribution < 1.29 is 0 Å². The van der Waals surface area contributed by atoms with Gasteiger partial charge in [-0.05, 0) is 39.5 Å². The molecule has 0 radical (unpaired) electrons. The Morgan fingerprint density at radius 3 is 2.06 bits per heavy atom. The van der Waals surface area contributed by atoms with E-state index in [9.17, 15) is 0 Å². The number of allylic oxidation sites excluding steroid dienone is 7. The molecule has 0 saturated heterocycles. The summed E-state index contributed by atoms with van der Waals surface area (Å²) in [5, 5.41) is 0. The molecule has 1 nitrogen and oxygen atoms in total. The largest absolute Gasteiger partial charge is 0.370 e. The van der Waals surface area contributed by atoms with Gasteiger partial charge in [-0.15, -0.1) is 0 Å². The molecule has 0 spiro atoms. The van der Waals surface area contributed by atoms with E-state index in [1.54, 1.807) is 0 Å². The van der Waals surface area contributed by atoms with E-state index in [0.29, 0.717) is 0 Å². The van der Waals surface area contributed by atoms with Crippen LogP contribution in [0.25, 0.3) is 11.1 Å². The first kappa shape index (κ1) is 26.8. The number of benzene rings is 3. The fourth-order valence-electron chi connectivity index (χ4n) is 5.29. The van der Waals surface area contributed by atoms with Gasteiger partial charge in [0.15, 0.2) is 0 Å². The van der Waals surface area contributed by atoms with Gasteiger partial charge in [-0.1, -0.05) is 144 Å². The number of nitrogens with zero attached hydrogens (tertiary/aromatic N) is 1. The summed E-state index contributed by atoms with van der Waals surface area (Å²) >= 11 is 0. The summed E-state index contributed by atoms with van der Waals surface area (Å²) < 4.78 is 0. The van der Waals surface area contributed by atoms with Crippen LogP contribution in [-0.4, -0.2) is 13.6 Å². The van der Waals surface area contributed by atoms with Crippen LogP contribution >= 0.6 is 0 Å². The molecule has 3 aromatic rings. The molecule has 0 aromatic heterocycles. The van der Waals surface area contributed by atoms with E-state index in [2.05, 4.69) is 122 Å². The molecule has 0 bridgehead atoms. The van der Waals surface area contributed by atoms with Crippen LogP contribution < -0.4 is 4.90 Å². The first-order valence-corrected chi connectivity index (χ1v) is 13.0. The number of likely N-dealkylation sites (N-methyl/N-ethyl adjacent to an activating group) is 1. The molecule has 5 rings (SSSR count). The van der Waals surface area contributed by atoms with Crippen molar-refractivity contribution in [2.24, 2.45) is 0 Å². The minimum Gasteiger partial charge on any atom is -0.370 e. The normalized spacial score (nSPS) is 17.9. The lowest BCUT2D eigenvalue weighted by atomic mass is 9.71. The highest BCUT2D eigenvalue weighted by Crippen LogP contribution is 2.56. The summed E-state index contributed by atoms with van der Waals surface area (Å²) in [5.41, 5.74) is 9.67. The number of hydrogen-bond donors (Lipinski definition) is 0. The van der Waals surface area contributed by atoms with E-state index >= 15 is 0 Å². The van der Waals surface area contributed by atoms with Gasteiger partial charge in [-0.3, -0.25) is 0 Å². The lowest BCUT2D eigenvalue weighted by molar-refractivity contribution is 0.742. The summed E-state index contributed by atoms with van der Waals surface area (Å²) in [7, 11) is 2.18. The van der Waals surface area contributed by atoms with E-state index in [1.807, 2.05) is 39.8 Å². The monoisotopic (exact) mass is 473 g/mol. The SMILES string of the molecule is C=C/C=C\C=CC1(c2ccccc2)C2=C(C(=C)c3ccccc3N(C)C2)c2ccccc21.CC.CC. The zero-order chi connectivity index (χ0) is 26.1. The molecule has 1 aliphatic carbocycles. The van der Waals surface area contributed by atoms with Crippen molar-refractivity contribution >= 4 is 16.8 Å². The predicted molar refractivity (Wildman–Crippen MR) is 161 cm³/mol. The van der Waals surface area contributed by atoms with E-state index < -0.39 is 0 Å². The maximum Gasteiger partial charge on any atom is 0.0627 e. The molecular formula is C35H39N. The fraction of sp³-hybridized carbons (Fsp3) is 0.200. The topological polar surface area (TPSA) is 3.24 Å². The number of anilines is 1. The van der Waals surface area contributed by atoms with Gasteiger partial charge in [-0.2, -0.15) is 0 Å². The zero-order valence-electron chi connectivity index (χ0n) is 22.5. The van der Waals surface area contributed by atoms with Crippen molar-refractivity contribution in [1.29, 1.82) is 0 Å². The smallest absolute Gasteiger partial charge is 0.0627 e. The molecule has 0 saturated carbocycles. The molecule has 1 unspecified atom stereocenters. The Bertz CT molecular complexity index is 1290. The van der Waals surface area contributed by atoms with Gasteiger partial charge in [0, 0.05) is 24.8 Å². The van der Waals surface area contributed by atoms with Crippen molar-refractivity contribution in [2.45, 2.75) is 33.1 Å². The van der Waals surface area contributed by atoms with Gasteiger partial charge in [0.05, 0.1) is 5.41 Å². The maximum absolute atomic E-state index is 4.62. The van der Waals surface area contributed by atoms with Crippen molar-refractivity contribution in [3.8, 4) is 0 Å². The Morgan fingerprint density at radius 1 is 0.750 bits per heavy atom. The molecule has 0 N–H and O–H groups in total. The summed E-state index contributed by atoms with van der Waals surface area (Å²) in [6.07, 6.45) is 10.3. The van der Waals surface area contributed by atoms with Crippen molar-refractivity contribution in [3.63, 3.8) is 0 Å². The van der Waals surface area contributed by atoms with Gasteiger partial charge in [-0.25, -0.2) is 0 Å². The highest BCUT2D eigenvalue weighted by atomic mass is 15.1. The molecule has 1 aliphatic heterocycles. The molecule has 1 heterocycles. The second-order valence-electron chi connectivity index (χ2n) is 8.40. The Balaban J connectivity index is 0.000000861. The molecule has 2 aliphatic rings. The molecule has 36 heavy (non-hydrogen) atoms. The predicted octanol–water partition coefficient (Wildman–Crippen LogP) is 9.25. The fourth-order valence-corrected chi connectivity index (χ4v) is 5.29. The van der Waals surface area contributed by atoms with Crippen molar-refractivity contribution in [1.82, 2.24) is 0 Å². The van der Waals surface area contributed by atoms with Crippen LogP contribution in [-0.2, 0) is 5.41 Å². The molecule has 0 fully saturated rings. The minimum absolute atomic E-state index is 0.363. The number of fused-ring (bicyclic) bond motifs is 3. The Morgan fingerprint density at radius 2 is 1.36 bits per heavy atom. The Hall–Kier alpha value is -3.84. The van der Waals surface area contributed by atoms with Crippen LogP contribution in [0, 0.1) is 0 Å². The Kier molecular flexibility index (Phi) is 9.08. The maximum atomic E-state index is 4.62. The first-order valence-electron chi connectivity index (χ1n) is 13.0. The summed E-state index contributed by atoms with van der Waals surface area (Å²) in [6, 6.07) is 28.3. The van der Waals surface area contributed by atoms with E-state index in [0.717, 1.165) is 12.1 Å². The third kappa shape index (κ3) is 4.54. The zero-order valence-corrected chi connectivity index (χ0v) is 22.5. The highest BCUT2D eigenvalue weighted by molar-refractivity contribution is 6.12. The van der Waals surface area contributed by atoms with Crippen LogP contribution in [0.3, 0.4) is 0 Å². The average Bonchev–Trinajstić information content (AvgIpc) is 3.16. The number of para-hydroxylation sites is 1. The minimum atomic E-state index is -0.363. The van der Waals surface area contributed by atoms with E-state index in [-0.39, 0.29) is 5.41 Å². The average molecular weight is 474 g/mol. The van der Waals surface area contributed by atoms with Crippen LogP contribution in [0.4, 0.5) is 5.69 Å².